The molecule has 4 heterocycles. The summed E-state index contributed by atoms with van der Waals surface area (Å²) in [6.07, 6.45) is 3.70. The fourth-order valence-corrected chi connectivity index (χ4v) is 3.90. The smallest absolute Gasteiger partial charge is 0.118 e. The topological polar surface area (TPSA) is 51.0 Å². The first-order valence-electron chi connectivity index (χ1n) is 9.31. The number of morpholine rings is 1. The molecule has 0 radical (unpaired) electrons. The predicted octanol–water partition coefficient (Wildman–Crippen LogP) is 2.09. The molecule has 6 heteroatoms. The van der Waals surface area contributed by atoms with Crippen molar-refractivity contribution < 1.29 is 13.9 Å². The van der Waals surface area contributed by atoms with Gasteiger partial charge in [0, 0.05) is 45.1 Å². The minimum absolute atomic E-state index is 0.274. The third-order valence-corrected chi connectivity index (χ3v) is 5.09. The maximum atomic E-state index is 6.28. The fourth-order valence-electron chi connectivity index (χ4n) is 3.90. The number of hydrogen-bond donors (Lipinski definition) is 0. The summed E-state index contributed by atoms with van der Waals surface area (Å²) in [4.78, 5) is 8.96. The van der Waals surface area contributed by atoms with Crippen LogP contribution in [0.1, 0.15) is 17.1 Å². The van der Waals surface area contributed by atoms with Crippen molar-refractivity contribution in [2.24, 2.45) is 0 Å². The lowest BCUT2D eigenvalue weighted by molar-refractivity contribution is -0.144. The molecule has 0 N–H and O–H groups in total. The Morgan fingerprint density at radius 2 is 1.77 bits per heavy atom. The number of nitrogens with zero attached hydrogens (tertiary/aromatic N) is 3. The first kappa shape index (κ1) is 17.7. The molecule has 2 aromatic heterocycles. The number of aromatic nitrogens is 1. The first-order chi connectivity index (χ1) is 12.7. The average molecular weight is 357 g/mol. The summed E-state index contributed by atoms with van der Waals surface area (Å²) in [7, 11) is 0. The fraction of sp³-hybridized carbons (Fsp3) is 0.550. The van der Waals surface area contributed by atoms with Crippen LogP contribution in [-0.2, 0) is 22.6 Å². The van der Waals surface area contributed by atoms with E-state index in [4.69, 9.17) is 13.9 Å². The standard InChI is InChI=1S/C20H27N3O3/c1-17-2-3-19(26-17)13-23-9-11-25-20(15-23)14-22(8-10-24-16-20)12-18-4-6-21-7-5-18/h2-7H,8-16H2,1H3/t20-/m1/s1. The Morgan fingerprint density at radius 3 is 2.54 bits per heavy atom. The van der Waals surface area contributed by atoms with Crippen LogP contribution in [0.2, 0.25) is 0 Å². The van der Waals surface area contributed by atoms with E-state index in [0.717, 1.165) is 64.0 Å². The monoisotopic (exact) mass is 357 g/mol. The molecule has 140 valence electrons. The molecular formula is C20H27N3O3. The van der Waals surface area contributed by atoms with Gasteiger partial charge in [0.1, 0.15) is 17.1 Å². The highest BCUT2D eigenvalue weighted by Crippen LogP contribution is 2.25. The molecule has 0 bridgehead atoms. The van der Waals surface area contributed by atoms with Gasteiger partial charge in [-0.3, -0.25) is 14.8 Å². The van der Waals surface area contributed by atoms with Gasteiger partial charge < -0.3 is 13.9 Å². The van der Waals surface area contributed by atoms with Crippen LogP contribution < -0.4 is 0 Å². The lowest BCUT2D eigenvalue weighted by atomic mass is 10.0. The zero-order valence-corrected chi connectivity index (χ0v) is 15.4. The third kappa shape index (κ3) is 4.32. The largest absolute Gasteiger partial charge is 0.465 e. The third-order valence-electron chi connectivity index (χ3n) is 5.09. The molecule has 4 rings (SSSR count). The molecule has 2 aliphatic rings. The van der Waals surface area contributed by atoms with Crippen molar-refractivity contribution in [2.75, 3.05) is 46.0 Å². The number of ether oxygens (including phenoxy) is 2. The van der Waals surface area contributed by atoms with Crippen LogP contribution in [0.15, 0.2) is 41.1 Å². The second kappa shape index (κ2) is 7.88. The van der Waals surface area contributed by atoms with Gasteiger partial charge in [0.05, 0.1) is 26.4 Å². The van der Waals surface area contributed by atoms with E-state index in [9.17, 15) is 0 Å². The van der Waals surface area contributed by atoms with Crippen molar-refractivity contribution in [3.8, 4) is 0 Å². The average Bonchev–Trinajstić information content (AvgIpc) is 2.94. The van der Waals surface area contributed by atoms with Crippen molar-refractivity contribution in [1.29, 1.82) is 0 Å². The molecule has 2 aromatic rings. The molecule has 0 amide bonds. The van der Waals surface area contributed by atoms with E-state index >= 15 is 0 Å². The summed E-state index contributed by atoms with van der Waals surface area (Å²) in [5, 5.41) is 0. The van der Waals surface area contributed by atoms with Gasteiger partial charge in [-0.15, -0.1) is 0 Å². The molecule has 0 aliphatic carbocycles. The van der Waals surface area contributed by atoms with Gasteiger partial charge >= 0.3 is 0 Å². The van der Waals surface area contributed by atoms with Gasteiger partial charge in [-0.25, -0.2) is 0 Å². The minimum Gasteiger partial charge on any atom is -0.465 e. The van der Waals surface area contributed by atoms with Crippen LogP contribution in [-0.4, -0.2) is 66.4 Å². The lowest BCUT2D eigenvalue weighted by Crippen LogP contribution is -2.58. The SMILES string of the molecule is Cc1ccc(CN2CCO[C@@]3(COCCN(Cc4ccncc4)C3)C2)o1. The molecule has 2 fully saturated rings. The summed E-state index contributed by atoms with van der Waals surface area (Å²) < 4.78 is 18.0. The Morgan fingerprint density at radius 1 is 1.00 bits per heavy atom. The van der Waals surface area contributed by atoms with Crippen LogP contribution >= 0.6 is 0 Å². The lowest BCUT2D eigenvalue weighted by Gasteiger charge is -2.43. The van der Waals surface area contributed by atoms with Crippen LogP contribution in [0, 0.1) is 6.92 Å². The number of furan rings is 1. The quantitative estimate of drug-likeness (QED) is 0.835. The second-order valence-electron chi connectivity index (χ2n) is 7.37. The number of pyridine rings is 1. The summed E-state index contributed by atoms with van der Waals surface area (Å²) in [5.74, 6) is 1.98. The van der Waals surface area contributed by atoms with Gasteiger partial charge in [0.25, 0.3) is 0 Å². The Bertz CT molecular complexity index is 705. The molecule has 1 atom stereocenters. The number of aryl methyl sites for hydroxylation is 1. The zero-order valence-electron chi connectivity index (χ0n) is 15.4. The zero-order chi connectivity index (χ0) is 17.8. The van der Waals surface area contributed by atoms with Crippen LogP contribution in [0.25, 0.3) is 0 Å². The molecule has 0 saturated carbocycles. The van der Waals surface area contributed by atoms with Crippen molar-refractivity contribution in [2.45, 2.75) is 25.6 Å². The molecule has 1 spiro atoms. The predicted molar refractivity (Wildman–Crippen MR) is 97.7 cm³/mol. The van der Waals surface area contributed by atoms with Gasteiger partial charge in [-0.05, 0) is 36.8 Å². The van der Waals surface area contributed by atoms with E-state index in [2.05, 4.69) is 33.0 Å². The van der Waals surface area contributed by atoms with E-state index in [0.29, 0.717) is 6.61 Å². The first-order valence-corrected chi connectivity index (χ1v) is 9.31. The number of hydrogen-bond acceptors (Lipinski definition) is 6. The Kier molecular flexibility index (Phi) is 5.36. The summed E-state index contributed by atoms with van der Waals surface area (Å²) in [6.45, 7) is 9.41. The highest BCUT2D eigenvalue weighted by molar-refractivity contribution is 5.10. The maximum Gasteiger partial charge on any atom is 0.118 e. The Labute approximate surface area is 154 Å². The molecule has 0 aromatic carbocycles. The van der Waals surface area contributed by atoms with Gasteiger partial charge in [0.2, 0.25) is 0 Å². The van der Waals surface area contributed by atoms with Crippen molar-refractivity contribution >= 4 is 0 Å². The van der Waals surface area contributed by atoms with E-state index in [-0.39, 0.29) is 5.60 Å². The second-order valence-corrected chi connectivity index (χ2v) is 7.37. The summed E-state index contributed by atoms with van der Waals surface area (Å²) in [5.41, 5.74) is 0.999. The van der Waals surface area contributed by atoms with Crippen molar-refractivity contribution in [3.63, 3.8) is 0 Å². The molecule has 26 heavy (non-hydrogen) atoms. The van der Waals surface area contributed by atoms with Crippen LogP contribution in [0.5, 0.6) is 0 Å². The number of rotatable bonds is 4. The van der Waals surface area contributed by atoms with Crippen LogP contribution in [0.3, 0.4) is 0 Å². The normalized spacial score (nSPS) is 25.4. The summed E-state index contributed by atoms with van der Waals surface area (Å²) >= 11 is 0. The Hall–Kier alpha value is -1.73. The van der Waals surface area contributed by atoms with Crippen molar-refractivity contribution in [1.82, 2.24) is 14.8 Å². The van der Waals surface area contributed by atoms with E-state index in [1.165, 1.54) is 5.56 Å². The molecule has 2 saturated heterocycles. The molecule has 2 aliphatic heterocycles. The van der Waals surface area contributed by atoms with E-state index in [1.54, 1.807) is 0 Å². The molecule has 0 unspecified atom stereocenters. The highest BCUT2D eigenvalue weighted by atomic mass is 16.5. The van der Waals surface area contributed by atoms with E-state index in [1.807, 2.05) is 25.4 Å². The maximum absolute atomic E-state index is 6.28. The van der Waals surface area contributed by atoms with Gasteiger partial charge in [-0.2, -0.15) is 0 Å². The molecule has 6 nitrogen and oxygen atoms in total. The van der Waals surface area contributed by atoms with Crippen molar-refractivity contribution in [3.05, 3.63) is 53.7 Å². The van der Waals surface area contributed by atoms with Crippen LogP contribution in [0.4, 0.5) is 0 Å². The molecular weight excluding hydrogens is 330 g/mol. The van der Waals surface area contributed by atoms with Gasteiger partial charge in [0.15, 0.2) is 0 Å². The highest BCUT2D eigenvalue weighted by Gasteiger charge is 2.40. The minimum atomic E-state index is -0.274. The Balaban J connectivity index is 1.43. The van der Waals surface area contributed by atoms with E-state index < -0.39 is 0 Å². The van der Waals surface area contributed by atoms with Gasteiger partial charge in [-0.1, -0.05) is 0 Å². The summed E-state index contributed by atoms with van der Waals surface area (Å²) in [6, 6.07) is 8.24.